The molecular weight excluding hydrogens is 354 g/mol. The Balaban J connectivity index is 2.05. The van der Waals surface area contributed by atoms with Crippen molar-refractivity contribution in [3.05, 3.63) is 46.4 Å². The molecule has 3 rings (SSSR count). The second kappa shape index (κ2) is 8.20. The van der Waals surface area contributed by atoms with Crippen molar-refractivity contribution < 1.29 is 15.0 Å². The molecule has 0 fully saturated rings. The van der Waals surface area contributed by atoms with Crippen molar-refractivity contribution in [2.75, 3.05) is 11.4 Å². The first kappa shape index (κ1) is 18.9. The van der Waals surface area contributed by atoms with E-state index in [-0.39, 0.29) is 5.91 Å². The highest BCUT2D eigenvalue weighted by Gasteiger charge is 2.30. The molecule has 0 bridgehead atoms. The first-order valence-corrected chi connectivity index (χ1v) is 9.43. The smallest absolute Gasteiger partial charge is 0.259 e. The summed E-state index contributed by atoms with van der Waals surface area (Å²) in [7, 11) is 0. The van der Waals surface area contributed by atoms with Gasteiger partial charge in [0.1, 0.15) is 11.5 Å². The number of hydrogen-bond donors (Lipinski definition) is 2. The van der Waals surface area contributed by atoms with E-state index in [2.05, 4.69) is 4.98 Å². The quantitative estimate of drug-likeness (QED) is 0.757. The average Bonchev–Trinajstić information content (AvgIpc) is 3.01. The van der Waals surface area contributed by atoms with Gasteiger partial charge in [0.15, 0.2) is 12.1 Å². The molecule has 1 aromatic carbocycles. The van der Waals surface area contributed by atoms with Crippen molar-refractivity contribution in [3.63, 3.8) is 0 Å². The van der Waals surface area contributed by atoms with Gasteiger partial charge in [0.05, 0.1) is 0 Å². The maximum absolute atomic E-state index is 13.1. The van der Waals surface area contributed by atoms with Gasteiger partial charge >= 0.3 is 0 Å². The lowest BCUT2D eigenvalue weighted by atomic mass is 10.1. The normalized spacial score (nSPS) is 13.7. The molecule has 0 radical (unpaired) electrons. The molecule has 1 aliphatic rings. The fourth-order valence-corrected chi connectivity index (χ4v) is 3.53. The number of imidazole rings is 1. The second-order valence-corrected chi connectivity index (χ2v) is 6.98. The van der Waals surface area contributed by atoms with E-state index < -0.39 is 6.29 Å². The van der Waals surface area contributed by atoms with E-state index in [1.54, 1.807) is 29.2 Å². The number of amides is 1. The summed E-state index contributed by atoms with van der Waals surface area (Å²) in [5.41, 5.74) is 0.754. The lowest BCUT2D eigenvalue weighted by Crippen LogP contribution is -2.33. The minimum Gasteiger partial charge on any atom is -0.363 e. The highest BCUT2D eigenvalue weighted by atomic mass is 35.5. The standard InChI is InChI=1S/C19H24ClN3O3/c1-2-3-10-23(18(24)13-7-6-8-14(20)12-13)17-16(19(25)26)22-11-5-4-9-15(22)21-17/h6-8,12,19,25-26H,2-5,9-11H2,1H3. The van der Waals surface area contributed by atoms with Gasteiger partial charge in [-0.05, 0) is 37.5 Å². The van der Waals surface area contributed by atoms with Crippen LogP contribution in [-0.2, 0) is 13.0 Å². The highest BCUT2D eigenvalue weighted by molar-refractivity contribution is 6.31. The molecule has 0 unspecified atom stereocenters. The molecule has 140 valence electrons. The molecule has 0 saturated carbocycles. The fraction of sp³-hybridized carbons (Fsp3) is 0.474. The summed E-state index contributed by atoms with van der Waals surface area (Å²) in [6, 6.07) is 6.77. The van der Waals surface area contributed by atoms with Crippen LogP contribution in [0.4, 0.5) is 5.82 Å². The average molecular weight is 378 g/mol. The molecular formula is C19H24ClN3O3. The first-order valence-electron chi connectivity index (χ1n) is 9.05. The van der Waals surface area contributed by atoms with Crippen LogP contribution < -0.4 is 4.90 Å². The van der Waals surface area contributed by atoms with Crippen molar-refractivity contribution in [3.8, 4) is 0 Å². The highest BCUT2D eigenvalue weighted by Crippen LogP contribution is 2.31. The fourth-order valence-electron chi connectivity index (χ4n) is 3.34. The number of anilines is 1. The number of aryl methyl sites for hydroxylation is 1. The van der Waals surface area contributed by atoms with E-state index in [0.717, 1.165) is 37.9 Å². The third kappa shape index (κ3) is 3.77. The number of nitrogens with zero attached hydrogens (tertiary/aromatic N) is 3. The van der Waals surface area contributed by atoms with Crippen molar-refractivity contribution in [2.45, 2.75) is 51.9 Å². The maximum Gasteiger partial charge on any atom is 0.259 e. The summed E-state index contributed by atoms with van der Waals surface area (Å²) in [6.07, 6.45) is 2.75. The molecule has 7 heteroatoms. The van der Waals surface area contributed by atoms with Crippen LogP contribution in [0.5, 0.6) is 0 Å². The monoisotopic (exact) mass is 377 g/mol. The van der Waals surface area contributed by atoms with Crippen LogP contribution in [0.3, 0.4) is 0 Å². The van der Waals surface area contributed by atoms with Crippen LogP contribution in [0.2, 0.25) is 5.02 Å². The molecule has 6 nitrogen and oxygen atoms in total. The number of carbonyl (C=O) groups is 1. The van der Waals surface area contributed by atoms with Crippen LogP contribution in [0.25, 0.3) is 0 Å². The predicted octanol–water partition coefficient (Wildman–Crippen LogP) is 3.30. The van der Waals surface area contributed by atoms with Gasteiger partial charge in [0, 0.05) is 30.1 Å². The van der Waals surface area contributed by atoms with Gasteiger partial charge in [-0.1, -0.05) is 31.0 Å². The summed E-state index contributed by atoms with van der Waals surface area (Å²) in [6.45, 7) is 3.18. The number of benzene rings is 1. The van der Waals surface area contributed by atoms with Crippen LogP contribution in [0.1, 0.15) is 60.8 Å². The molecule has 2 N–H and O–H groups in total. The zero-order valence-corrected chi connectivity index (χ0v) is 15.6. The maximum atomic E-state index is 13.1. The molecule has 0 spiro atoms. The Morgan fingerprint density at radius 1 is 1.38 bits per heavy atom. The number of aliphatic hydroxyl groups excluding tert-OH is 1. The topological polar surface area (TPSA) is 78.6 Å². The van der Waals surface area contributed by atoms with Gasteiger partial charge in [-0.2, -0.15) is 0 Å². The van der Waals surface area contributed by atoms with Gasteiger partial charge in [0.2, 0.25) is 0 Å². The van der Waals surface area contributed by atoms with Gasteiger partial charge in [-0.15, -0.1) is 0 Å². The van der Waals surface area contributed by atoms with Crippen molar-refractivity contribution in [1.29, 1.82) is 0 Å². The van der Waals surface area contributed by atoms with Crippen LogP contribution in [0.15, 0.2) is 24.3 Å². The lowest BCUT2D eigenvalue weighted by molar-refractivity contribution is -0.0482. The Morgan fingerprint density at radius 3 is 2.88 bits per heavy atom. The lowest BCUT2D eigenvalue weighted by Gasteiger charge is -2.23. The molecule has 26 heavy (non-hydrogen) atoms. The molecule has 0 saturated heterocycles. The molecule has 2 heterocycles. The van der Waals surface area contributed by atoms with Crippen LogP contribution >= 0.6 is 11.6 Å². The zero-order valence-electron chi connectivity index (χ0n) is 14.9. The molecule has 2 aromatic rings. The summed E-state index contributed by atoms with van der Waals surface area (Å²) >= 11 is 6.04. The predicted molar refractivity (Wildman–Crippen MR) is 100 cm³/mol. The van der Waals surface area contributed by atoms with Crippen molar-refractivity contribution in [2.24, 2.45) is 0 Å². The van der Waals surface area contributed by atoms with Crippen molar-refractivity contribution in [1.82, 2.24) is 9.55 Å². The third-order valence-electron chi connectivity index (χ3n) is 4.65. The van der Waals surface area contributed by atoms with Gasteiger partial charge in [0.25, 0.3) is 5.91 Å². The Kier molecular flexibility index (Phi) is 5.96. The molecule has 1 amide bonds. The van der Waals surface area contributed by atoms with E-state index in [4.69, 9.17) is 11.6 Å². The Hall–Kier alpha value is -1.89. The number of aromatic nitrogens is 2. The summed E-state index contributed by atoms with van der Waals surface area (Å²) in [5.74, 6) is 0.906. The van der Waals surface area contributed by atoms with E-state index in [1.807, 2.05) is 11.5 Å². The number of carbonyl (C=O) groups excluding carboxylic acids is 1. The third-order valence-corrected chi connectivity index (χ3v) is 4.89. The summed E-state index contributed by atoms with van der Waals surface area (Å²) in [4.78, 5) is 19.3. The van der Waals surface area contributed by atoms with Gasteiger partial charge < -0.3 is 14.8 Å². The van der Waals surface area contributed by atoms with E-state index in [9.17, 15) is 15.0 Å². The molecule has 0 aliphatic carbocycles. The zero-order chi connectivity index (χ0) is 18.7. The van der Waals surface area contributed by atoms with E-state index in [1.165, 1.54) is 0 Å². The number of fused-ring (bicyclic) bond motifs is 1. The number of aliphatic hydroxyl groups is 2. The minimum atomic E-state index is -1.68. The number of halogens is 1. The molecule has 0 atom stereocenters. The number of unbranched alkanes of at least 4 members (excludes halogenated alkanes) is 1. The largest absolute Gasteiger partial charge is 0.363 e. The second-order valence-electron chi connectivity index (χ2n) is 6.54. The minimum absolute atomic E-state index is 0.238. The van der Waals surface area contributed by atoms with Crippen molar-refractivity contribution >= 4 is 23.3 Å². The van der Waals surface area contributed by atoms with Gasteiger partial charge in [-0.25, -0.2) is 4.98 Å². The Labute approximate surface area is 158 Å². The van der Waals surface area contributed by atoms with Crippen LogP contribution in [0, 0.1) is 0 Å². The molecule has 1 aliphatic heterocycles. The van der Waals surface area contributed by atoms with Gasteiger partial charge in [-0.3, -0.25) is 9.69 Å². The Bertz CT molecular complexity index is 788. The van der Waals surface area contributed by atoms with E-state index >= 15 is 0 Å². The SMILES string of the molecule is CCCCN(C(=O)c1cccc(Cl)c1)c1nc2n(c1C(O)O)CCCC2. The first-order chi connectivity index (χ1) is 12.5. The summed E-state index contributed by atoms with van der Waals surface area (Å²) < 4.78 is 1.84. The number of rotatable bonds is 6. The number of hydrogen-bond acceptors (Lipinski definition) is 4. The Morgan fingerprint density at radius 2 is 2.19 bits per heavy atom. The molecule has 1 aromatic heterocycles. The summed E-state index contributed by atoms with van der Waals surface area (Å²) in [5, 5.41) is 20.4. The van der Waals surface area contributed by atoms with Crippen LogP contribution in [-0.4, -0.2) is 32.2 Å². The van der Waals surface area contributed by atoms with E-state index in [0.29, 0.717) is 35.2 Å².